The zero-order valence-corrected chi connectivity index (χ0v) is 9.32. The van der Waals surface area contributed by atoms with Crippen LogP contribution in [0.15, 0.2) is 0 Å². The molecule has 15 heavy (non-hydrogen) atoms. The highest BCUT2D eigenvalue weighted by Gasteiger charge is 2.32. The van der Waals surface area contributed by atoms with Crippen LogP contribution in [0.3, 0.4) is 0 Å². The Morgan fingerprint density at radius 3 is 2.27 bits per heavy atom. The number of ether oxygens (including phenoxy) is 2. The van der Waals surface area contributed by atoms with E-state index in [0.717, 1.165) is 25.7 Å². The van der Waals surface area contributed by atoms with E-state index in [-0.39, 0.29) is 5.92 Å². The summed E-state index contributed by atoms with van der Waals surface area (Å²) in [6, 6.07) is 0. The van der Waals surface area contributed by atoms with E-state index >= 15 is 0 Å². The molecule has 1 aliphatic rings. The number of methoxy groups -OCH3 is 1. The van der Waals surface area contributed by atoms with Gasteiger partial charge < -0.3 is 9.47 Å². The summed E-state index contributed by atoms with van der Waals surface area (Å²) >= 11 is 0. The van der Waals surface area contributed by atoms with Gasteiger partial charge in [-0.3, -0.25) is 4.79 Å². The Morgan fingerprint density at radius 2 is 1.80 bits per heavy atom. The van der Waals surface area contributed by atoms with Gasteiger partial charge in [-0.2, -0.15) is 0 Å². The van der Waals surface area contributed by atoms with E-state index in [1.165, 1.54) is 20.5 Å². The van der Waals surface area contributed by atoms with Gasteiger partial charge >= 0.3 is 11.9 Å². The normalized spacial score (nSPS) is 19.3. The molecule has 0 heterocycles. The van der Waals surface area contributed by atoms with Crippen LogP contribution in [0, 0.1) is 5.92 Å². The van der Waals surface area contributed by atoms with Gasteiger partial charge in [0.15, 0.2) is 0 Å². The molecule has 0 N–H and O–H groups in total. The summed E-state index contributed by atoms with van der Waals surface area (Å²) in [5.74, 6) is -0.719. The van der Waals surface area contributed by atoms with E-state index in [0.29, 0.717) is 0 Å². The Bertz CT molecular complexity index is 231. The maximum absolute atomic E-state index is 11.4. The molecule has 4 nitrogen and oxygen atoms in total. The minimum Gasteiger partial charge on any atom is -0.466 e. The van der Waals surface area contributed by atoms with Crippen molar-refractivity contribution in [2.24, 2.45) is 5.92 Å². The van der Waals surface area contributed by atoms with Crippen molar-refractivity contribution >= 4 is 11.9 Å². The maximum Gasteiger partial charge on any atom is 0.347 e. The number of hydrogen-bond donors (Lipinski definition) is 0. The molecule has 86 valence electrons. The monoisotopic (exact) mass is 214 g/mol. The van der Waals surface area contributed by atoms with Crippen LogP contribution in [0.25, 0.3) is 0 Å². The summed E-state index contributed by atoms with van der Waals surface area (Å²) in [6.45, 7) is 1.32. The molecule has 1 rings (SSSR count). The van der Waals surface area contributed by atoms with Crippen LogP contribution >= 0.6 is 0 Å². The number of carbonyl (C=O) groups is 2. The Kier molecular flexibility index (Phi) is 4.59. The summed E-state index contributed by atoms with van der Waals surface area (Å²) in [5, 5.41) is 0. The van der Waals surface area contributed by atoms with E-state index < -0.39 is 18.0 Å². The molecule has 1 fully saturated rings. The van der Waals surface area contributed by atoms with Crippen molar-refractivity contribution in [2.45, 2.75) is 45.1 Å². The largest absolute Gasteiger partial charge is 0.466 e. The van der Waals surface area contributed by atoms with Crippen molar-refractivity contribution in [3.8, 4) is 0 Å². The molecule has 0 unspecified atom stereocenters. The van der Waals surface area contributed by atoms with Crippen molar-refractivity contribution in [1.82, 2.24) is 0 Å². The smallest absolute Gasteiger partial charge is 0.347 e. The number of rotatable bonds is 3. The van der Waals surface area contributed by atoms with E-state index in [1.54, 1.807) is 0 Å². The van der Waals surface area contributed by atoms with Crippen molar-refractivity contribution < 1.29 is 19.1 Å². The third-order valence-electron chi connectivity index (χ3n) is 2.80. The van der Waals surface area contributed by atoms with Gasteiger partial charge in [-0.25, -0.2) is 4.79 Å². The van der Waals surface area contributed by atoms with Crippen molar-refractivity contribution in [3.05, 3.63) is 0 Å². The molecular weight excluding hydrogens is 196 g/mol. The molecule has 0 aromatic carbocycles. The minimum atomic E-state index is -0.701. The first-order valence-corrected chi connectivity index (χ1v) is 5.40. The van der Waals surface area contributed by atoms with Crippen molar-refractivity contribution in [2.75, 3.05) is 7.11 Å². The molecule has 0 aromatic rings. The maximum atomic E-state index is 11.4. The quantitative estimate of drug-likeness (QED) is 0.670. The first-order valence-electron chi connectivity index (χ1n) is 5.40. The number of carbonyl (C=O) groups excluding carboxylic acids is 2. The highest BCUT2D eigenvalue weighted by atomic mass is 16.6. The first-order chi connectivity index (χ1) is 7.15. The number of hydrogen-bond acceptors (Lipinski definition) is 4. The highest BCUT2D eigenvalue weighted by molar-refractivity contribution is 5.78. The molecular formula is C11H18O4. The van der Waals surface area contributed by atoms with Crippen LogP contribution < -0.4 is 0 Å². The van der Waals surface area contributed by atoms with Crippen LogP contribution in [-0.4, -0.2) is 25.2 Å². The number of esters is 2. The Balaban J connectivity index is 2.60. The van der Waals surface area contributed by atoms with Crippen LogP contribution in [-0.2, 0) is 19.1 Å². The third kappa shape index (κ3) is 3.53. The van der Waals surface area contributed by atoms with E-state index in [2.05, 4.69) is 4.74 Å². The molecule has 1 aliphatic carbocycles. The summed E-state index contributed by atoms with van der Waals surface area (Å²) in [7, 11) is 1.32. The fraction of sp³-hybridized carbons (Fsp3) is 0.818. The van der Waals surface area contributed by atoms with Gasteiger partial charge in [0.05, 0.1) is 7.11 Å². The fourth-order valence-corrected chi connectivity index (χ4v) is 2.07. The SMILES string of the molecule is COC(=O)[C@H](OC(C)=O)C1CCCCC1. The lowest BCUT2D eigenvalue weighted by Gasteiger charge is -2.27. The first kappa shape index (κ1) is 12.0. The molecule has 0 amide bonds. The van der Waals surface area contributed by atoms with Gasteiger partial charge in [0.25, 0.3) is 0 Å². The third-order valence-corrected chi connectivity index (χ3v) is 2.80. The predicted molar refractivity (Wildman–Crippen MR) is 54.1 cm³/mol. The van der Waals surface area contributed by atoms with Crippen LogP contribution in [0.5, 0.6) is 0 Å². The molecule has 0 saturated heterocycles. The van der Waals surface area contributed by atoms with E-state index in [1.807, 2.05) is 0 Å². The standard InChI is InChI=1S/C11H18O4/c1-8(12)15-10(11(13)14-2)9-6-4-3-5-7-9/h9-10H,3-7H2,1-2H3/t10-/m1/s1. The van der Waals surface area contributed by atoms with Gasteiger partial charge in [0, 0.05) is 12.8 Å². The van der Waals surface area contributed by atoms with Crippen LogP contribution in [0.4, 0.5) is 0 Å². The molecule has 4 heteroatoms. The lowest BCUT2D eigenvalue weighted by molar-refractivity contribution is -0.169. The molecule has 0 bridgehead atoms. The van der Waals surface area contributed by atoms with Gasteiger partial charge in [-0.05, 0) is 12.8 Å². The Hall–Kier alpha value is -1.06. The summed E-state index contributed by atoms with van der Waals surface area (Å²) in [5.41, 5.74) is 0. The second-order valence-corrected chi connectivity index (χ2v) is 3.95. The average molecular weight is 214 g/mol. The Labute approximate surface area is 89.9 Å². The average Bonchev–Trinajstić information content (AvgIpc) is 2.26. The van der Waals surface area contributed by atoms with Crippen molar-refractivity contribution in [3.63, 3.8) is 0 Å². The second kappa shape index (κ2) is 5.73. The lowest BCUT2D eigenvalue weighted by atomic mass is 9.85. The van der Waals surface area contributed by atoms with E-state index in [4.69, 9.17) is 4.74 Å². The molecule has 1 saturated carbocycles. The van der Waals surface area contributed by atoms with E-state index in [9.17, 15) is 9.59 Å². The molecule has 0 spiro atoms. The van der Waals surface area contributed by atoms with Gasteiger partial charge in [0.2, 0.25) is 6.10 Å². The van der Waals surface area contributed by atoms with Crippen LogP contribution in [0.1, 0.15) is 39.0 Å². The second-order valence-electron chi connectivity index (χ2n) is 3.95. The fourth-order valence-electron chi connectivity index (χ4n) is 2.07. The molecule has 1 atom stereocenters. The zero-order chi connectivity index (χ0) is 11.3. The summed E-state index contributed by atoms with van der Waals surface area (Å²) in [6.07, 6.45) is 4.57. The minimum absolute atomic E-state index is 0.134. The van der Waals surface area contributed by atoms with Gasteiger partial charge in [0.1, 0.15) is 0 Å². The van der Waals surface area contributed by atoms with Crippen LogP contribution in [0.2, 0.25) is 0 Å². The predicted octanol–water partition coefficient (Wildman–Crippen LogP) is 1.67. The molecule has 0 radical (unpaired) electrons. The molecule has 0 aromatic heterocycles. The Morgan fingerprint density at radius 1 is 1.20 bits per heavy atom. The lowest BCUT2D eigenvalue weighted by Crippen LogP contribution is -2.36. The summed E-state index contributed by atoms with van der Waals surface area (Å²) in [4.78, 5) is 22.3. The van der Waals surface area contributed by atoms with Gasteiger partial charge in [-0.1, -0.05) is 19.3 Å². The zero-order valence-electron chi connectivity index (χ0n) is 9.32. The van der Waals surface area contributed by atoms with Gasteiger partial charge in [-0.15, -0.1) is 0 Å². The highest BCUT2D eigenvalue weighted by Crippen LogP contribution is 2.28. The van der Waals surface area contributed by atoms with Crippen molar-refractivity contribution in [1.29, 1.82) is 0 Å². The molecule has 0 aliphatic heterocycles. The topological polar surface area (TPSA) is 52.6 Å². The summed E-state index contributed by atoms with van der Waals surface area (Å²) < 4.78 is 9.68.